The molecule has 0 spiro atoms. The maximum Gasteiger partial charge on any atom is 0.534 e. The Morgan fingerprint density at radius 2 is 1.20 bits per heavy atom. The van der Waals surface area contributed by atoms with Crippen molar-refractivity contribution in [3.63, 3.8) is 0 Å². The SMILES string of the molecule is CB(O)N1CC=C(c2cccc([N+](=O)[O-])c2)CC1.CB(O)N1CCC(c2cccc(N)c2)CC1.O.O.O=C[B]N1CC=C(OS(=O)(=O)C(F)(F)F)CC1.O=C[B]N1CCC(=O)CC1.O=S(=O)(N(SC(F)(F)F)c1ccccc1)C(F)(F)F.O=[N+]([O-])c1cccc(B(O)O)c1.[HH].[Pd]. The van der Waals surface area contributed by atoms with Crippen molar-refractivity contribution in [2.24, 2.45) is 0 Å². The fraction of sp³-hybridized carbons (Fsp3) is 0.392. The van der Waals surface area contributed by atoms with Crippen molar-refractivity contribution < 1.29 is 138 Å². The summed E-state index contributed by atoms with van der Waals surface area (Å²) in [6.45, 7) is 8.72. The number of anilines is 2. The van der Waals surface area contributed by atoms with E-state index in [1.165, 1.54) is 61.6 Å². The van der Waals surface area contributed by atoms with Crippen LogP contribution in [0.3, 0.4) is 0 Å². The van der Waals surface area contributed by atoms with Gasteiger partial charge in [-0.15, -0.1) is 0 Å². The van der Waals surface area contributed by atoms with E-state index in [4.69, 9.17) is 15.8 Å². The van der Waals surface area contributed by atoms with Crippen LogP contribution in [0.5, 0.6) is 0 Å². The van der Waals surface area contributed by atoms with E-state index in [0.717, 1.165) is 92.2 Å². The van der Waals surface area contributed by atoms with Crippen molar-refractivity contribution in [2.45, 2.75) is 74.6 Å². The van der Waals surface area contributed by atoms with Crippen LogP contribution in [-0.2, 0) is 59.1 Å². The third kappa shape index (κ3) is 31.2. The molecule has 26 nitrogen and oxygen atoms in total. The van der Waals surface area contributed by atoms with Gasteiger partial charge in [0.2, 0.25) is 0 Å². The number of hydrogen-bond acceptors (Lipinski definition) is 22. The van der Waals surface area contributed by atoms with Crippen LogP contribution in [0.2, 0.25) is 13.6 Å². The Kier molecular flexibility index (Phi) is 39.0. The third-order valence-electron chi connectivity index (χ3n) is 13.3. The topological polar surface area (TPSA) is 401 Å². The predicted octanol–water partition coefficient (Wildman–Crippen LogP) is 4.44. The summed E-state index contributed by atoms with van der Waals surface area (Å²) in [6.07, 6.45) is 8.67. The maximum atomic E-state index is 12.3. The number of para-hydroxylation sites is 1. The van der Waals surface area contributed by atoms with Gasteiger partial charge in [0.25, 0.3) is 26.2 Å². The number of hydrogen-bond donors (Lipinski definition) is 5. The van der Waals surface area contributed by atoms with Crippen molar-refractivity contribution >= 4 is 120 Å². The van der Waals surface area contributed by atoms with Gasteiger partial charge >= 0.3 is 57.9 Å². The molecule has 44 heteroatoms. The Balaban J connectivity index is 0. The molecule has 4 heterocycles. The second-order valence-electron chi connectivity index (χ2n) is 19.8. The van der Waals surface area contributed by atoms with E-state index in [1.54, 1.807) is 19.0 Å². The molecule has 2 fully saturated rings. The first-order chi connectivity index (χ1) is 42.9. The largest absolute Gasteiger partial charge is 0.534 e. The van der Waals surface area contributed by atoms with E-state index in [9.17, 15) is 101 Å². The van der Waals surface area contributed by atoms with Gasteiger partial charge in [-0.25, -0.2) is 0 Å². The van der Waals surface area contributed by atoms with Gasteiger partial charge in [0.1, 0.15) is 11.5 Å². The van der Waals surface area contributed by atoms with E-state index in [1.807, 2.05) is 40.7 Å². The Hall–Kier alpha value is -6.22. The van der Waals surface area contributed by atoms with E-state index in [2.05, 4.69) is 21.1 Å². The number of nitro groups is 2. The summed E-state index contributed by atoms with van der Waals surface area (Å²) in [5.41, 5.74) is -7.14. The van der Waals surface area contributed by atoms with E-state index in [0.29, 0.717) is 50.4 Å². The fourth-order valence-electron chi connectivity index (χ4n) is 8.46. The number of rotatable bonds is 16. The van der Waals surface area contributed by atoms with Gasteiger partial charge in [0, 0.05) is 84.2 Å². The normalized spacial score (nSPS) is 15.5. The van der Waals surface area contributed by atoms with Crippen LogP contribution >= 0.6 is 11.9 Å². The Bertz CT molecular complexity index is 3360. The quantitative estimate of drug-likeness (QED) is 0.0119. The van der Waals surface area contributed by atoms with Crippen LogP contribution in [0.25, 0.3) is 5.57 Å². The minimum absolute atomic E-state index is 0. The molecular weight excluding hydrogens is 1440 g/mol. The zero-order chi connectivity index (χ0) is 69.2. The number of piperidine rings is 2. The van der Waals surface area contributed by atoms with Crippen molar-refractivity contribution in [3.05, 3.63) is 152 Å². The van der Waals surface area contributed by atoms with Crippen molar-refractivity contribution in [1.82, 2.24) is 19.2 Å². The molecule has 10 N–H and O–H groups in total. The number of halogens is 9. The summed E-state index contributed by atoms with van der Waals surface area (Å²) < 4.78 is 156. The molecule has 0 amide bonds. The number of nitrogens with two attached hydrogens (primary N) is 1. The molecule has 4 aromatic carbocycles. The van der Waals surface area contributed by atoms with E-state index in [-0.39, 0.29) is 86.9 Å². The minimum Gasteiger partial charge on any atom is -0.437 e. The molecule has 0 saturated carbocycles. The van der Waals surface area contributed by atoms with Crippen molar-refractivity contribution in [2.75, 3.05) is 61.8 Å². The monoisotopic (exact) mass is 1510 g/mol. The van der Waals surface area contributed by atoms with Gasteiger partial charge < -0.3 is 69.8 Å². The molecule has 4 aliphatic heterocycles. The summed E-state index contributed by atoms with van der Waals surface area (Å²) in [5, 5.41) is 57.2. The molecule has 4 aromatic rings. The average Bonchev–Trinajstić information content (AvgIpc) is 0.786. The molecular formula is C51H68B5F9N8O18PdS3. The van der Waals surface area contributed by atoms with Crippen LogP contribution in [0.15, 0.2) is 121 Å². The first-order valence-electron chi connectivity index (χ1n) is 27.3. The van der Waals surface area contributed by atoms with Gasteiger partial charge in [-0.1, -0.05) is 60.7 Å². The molecule has 2 radical (unpaired) electrons. The number of carbonyl (C=O) groups is 3. The second kappa shape index (κ2) is 41.8. The van der Waals surface area contributed by atoms with Crippen LogP contribution in [-0.4, -0.2) is 200 Å². The molecule has 0 atom stereocenters. The number of nitro benzene ring substituents is 2. The first-order valence-corrected chi connectivity index (χ1v) is 30.9. The second-order valence-corrected chi connectivity index (χ2v) is 24.4. The smallest absolute Gasteiger partial charge is 0.437 e. The zero-order valence-corrected chi connectivity index (χ0v) is 54.3. The molecule has 4 aliphatic rings. The number of benzene rings is 4. The summed E-state index contributed by atoms with van der Waals surface area (Å²) in [6, 6.07) is 25.2. The molecule has 0 aliphatic carbocycles. The van der Waals surface area contributed by atoms with Gasteiger partial charge in [-0.05, 0) is 131 Å². The van der Waals surface area contributed by atoms with Gasteiger partial charge in [0.15, 0.2) is 0 Å². The number of Topliss-reactive ketones (excluding diaryl/α,β-unsaturated/α-hetero) is 1. The molecule has 8 rings (SSSR count). The van der Waals surface area contributed by atoms with Crippen LogP contribution in [0, 0.1) is 20.2 Å². The number of nitrogen functional groups attached to an aromatic ring is 1. The summed E-state index contributed by atoms with van der Waals surface area (Å²) in [4.78, 5) is 58.2. The molecule has 0 unspecified atom stereocenters. The fourth-order valence-corrected chi connectivity index (χ4v) is 10.9. The van der Waals surface area contributed by atoms with Crippen molar-refractivity contribution in [1.29, 1.82) is 0 Å². The Labute approximate surface area is 563 Å². The molecule has 2 saturated heterocycles. The molecule has 95 heavy (non-hydrogen) atoms. The Morgan fingerprint density at radius 3 is 1.65 bits per heavy atom. The van der Waals surface area contributed by atoms with Gasteiger partial charge in [-0.3, -0.25) is 25.0 Å². The first kappa shape index (κ1) is 88.8. The minimum atomic E-state index is -6.15. The zero-order valence-electron chi connectivity index (χ0n) is 50.3. The third-order valence-corrected chi connectivity index (χ3v) is 16.9. The summed E-state index contributed by atoms with van der Waals surface area (Å²) >= 11 is -1.39. The van der Waals surface area contributed by atoms with Gasteiger partial charge in [0.05, 0.1) is 39.9 Å². The Morgan fingerprint density at radius 1 is 0.674 bits per heavy atom. The number of sulfonamides is 1. The number of non-ortho nitro benzene ring substituents is 2. The van der Waals surface area contributed by atoms with E-state index >= 15 is 0 Å². The molecule has 0 aromatic heterocycles. The van der Waals surface area contributed by atoms with Crippen LogP contribution < -0.4 is 14.9 Å². The number of carbonyl (C=O) groups excluding carboxylic acids is 3. The summed E-state index contributed by atoms with van der Waals surface area (Å²) in [7, 11) is -11.5. The standard InChI is InChI=1S/C12H15BN2O3.C12H19BN2O.C8H5F6NO2S2.C7H8BF3NO4S.C6H6BNO4.C6H9BNO2.2H2O.Pd.H2/c1-13(16)14-7-5-10(6-8-14)11-3-2-4-12(9-11)15(17)18;1-13(16)15-7-5-10(6-8-15)11-3-2-4-12(14)9-11;9-7(10,11)18-15(6-4-2-1-3-5-6)19(16,17)8(12,13)14;9-7(10,11)17(14,15)16-6-1-3-12(4-2-6)8-5-13;9-7(10)5-2-1-3-6(4-5)8(11)12;9-5-7-8-3-1-6(10)2-4-8;;;;/h2-5,9,16H,6-8H2,1H3;2-4,9-10,16H,5-8,14H2,1H3;1-5H;1,5H,2-4H2;1-4,9-10H;5H,1-4H2;2*1H2;;1H. The van der Waals surface area contributed by atoms with Crippen LogP contribution in [0.1, 0.15) is 57.0 Å². The molecule has 0 bridgehead atoms. The summed E-state index contributed by atoms with van der Waals surface area (Å²) in [5.74, 6) is 0.631. The van der Waals surface area contributed by atoms with E-state index < -0.39 is 77.1 Å². The van der Waals surface area contributed by atoms with Gasteiger partial charge in [-0.2, -0.15) is 60.1 Å². The average molecular weight is 1510 g/mol. The number of ketones is 1. The number of nitrogens with zero attached hydrogens (tertiary/aromatic N) is 7. The van der Waals surface area contributed by atoms with Crippen molar-refractivity contribution in [3.8, 4) is 0 Å². The van der Waals surface area contributed by atoms with Crippen LogP contribution in [0.4, 0.5) is 62.3 Å². The number of alkyl halides is 9. The maximum absolute atomic E-state index is 12.3. The predicted molar refractivity (Wildman–Crippen MR) is 340 cm³/mol. The molecule has 526 valence electrons.